The molecule has 2 aromatic carbocycles. The Kier molecular flexibility index (Phi) is 10.0. The lowest BCUT2D eigenvalue weighted by atomic mass is 9.78. The van der Waals surface area contributed by atoms with Crippen LogP contribution in [0.3, 0.4) is 0 Å². The Morgan fingerprint density at radius 3 is 1.85 bits per heavy atom. The summed E-state index contributed by atoms with van der Waals surface area (Å²) >= 11 is 0. The average Bonchev–Trinajstić information content (AvgIpc) is 2.80. The van der Waals surface area contributed by atoms with E-state index in [2.05, 4.69) is 10.6 Å². The molecule has 0 saturated carbocycles. The highest BCUT2D eigenvalue weighted by atomic mass is 19.1. The van der Waals surface area contributed by atoms with E-state index in [1.54, 1.807) is 24.3 Å². The lowest BCUT2D eigenvalue weighted by Gasteiger charge is -2.22. The van der Waals surface area contributed by atoms with Crippen LogP contribution < -0.4 is 16.1 Å². The van der Waals surface area contributed by atoms with Gasteiger partial charge in [-0.3, -0.25) is 9.59 Å². The number of carbonyl (C=O) groups excluding carboxylic acids is 3. The lowest BCUT2D eigenvalue weighted by Crippen LogP contribution is -2.53. The maximum atomic E-state index is 13.2. The minimum Gasteiger partial charge on any atom is -0.467 e. The van der Waals surface area contributed by atoms with Crippen molar-refractivity contribution in [1.82, 2.24) is 10.6 Å². The number of esters is 1. The fraction of sp³-hybridized carbons (Fsp3) is 0.348. The first-order valence-electron chi connectivity index (χ1n) is 10.3. The molecule has 0 bridgehead atoms. The number of hydrogen-bond donors (Lipinski definition) is 2. The Morgan fingerprint density at radius 1 is 0.848 bits per heavy atom. The van der Waals surface area contributed by atoms with Gasteiger partial charge in [0.15, 0.2) is 0 Å². The highest BCUT2D eigenvalue weighted by Crippen LogP contribution is 2.09. The summed E-state index contributed by atoms with van der Waals surface area (Å²) in [6, 6.07) is 10.9. The smallest absolute Gasteiger partial charge is 0.467 e. The molecular formula is C23H28BFN2O6. The molecule has 2 rings (SSSR count). The van der Waals surface area contributed by atoms with Crippen molar-refractivity contribution in [3.63, 3.8) is 0 Å². The van der Waals surface area contributed by atoms with Crippen LogP contribution >= 0.6 is 0 Å². The van der Waals surface area contributed by atoms with E-state index >= 15 is 0 Å². The molecule has 2 atom stereocenters. The number of carbonyl (C=O) groups is 3. The highest BCUT2D eigenvalue weighted by molar-refractivity contribution is 6.61. The minimum absolute atomic E-state index is 0.129. The summed E-state index contributed by atoms with van der Waals surface area (Å²) in [6.45, 7) is 1.29. The van der Waals surface area contributed by atoms with Crippen LogP contribution in [-0.2, 0) is 41.3 Å². The standard InChI is InChI=1S/C23H28BFN2O6/c1-15(28)26-20(13-17-7-11-19(25)12-8-17)22(29)27-21(23(30)31-2)14-16-5-9-18(10-6-16)24(32-3)33-4/h5-12,20-21H,13-14H2,1-4H3,(H,26,28)(H,27,29)/t20-,21+/m1/s1. The number of hydrogen-bond acceptors (Lipinski definition) is 6. The van der Waals surface area contributed by atoms with Gasteiger partial charge in [-0.2, -0.15) is 0 Å². The van der Waals surface area contributed by atoms with Gasteiger partial charge in [-0.15, -0.1) is 0 Å². The molecule has 0 aromatic heterocycles. The van der Waals surface area contributed by atoms with Crippen LogP contribution in [0.15, 0.2) is 48.5 Å². The molecule has 0 aliphatic rings. The zero-order valence-electron chi connectivity index (χ0n) is 19.1. The molecule has 0 unspecified atom stereocenters. The molecule has 0 saturated heterocycles. The molecule has 0 fully saturated rings. The van der Waals surface area contributed by atoms with Gasteiger partial charge in [-0.25, -0.2) is 9.18 Å². The van der Waals surface area contributed by atoms with E-state index in [0.29, 0.717) is 5.56 Å². The van der Waals surface area contributed by atoms with Crippen molar-refractivity contribution in [1.29, 1.82) is 0 Å². The van der Waals surface area contributed by atoms with Gasteiger partial charge >= 0.3 is 13.1 Å². The number of rotatable bonds is 11. The summed E-state index contributed by atoms with van der Waals surface area (Å²) in [7, 11) is 3.78. The molecule has 0 heterocycles. The molecule has 0 radical (unpaired) electrons. The fourth-order valence-electron chi connectivity index (χ4n) is 3.33. The number of methoxy groups -OCH3 is 1. The van der Waals surface area contributed by atoms with Crippen LogP contribution in [0, 0.1) is 5.82 Å². The second kappa shape index (κ2) is 12.7. The topological polar surface area (TPSA) is 103 Å². The Balaban J connectivity index is 2.15. The third kappa shape index (κ3) is 8.00. The van der Waals surface area contributed by atoms with E-state index in [0.717, 1.165) is 11.0 Å². The van der Waals surface area contributed by atoms with E-state index < -0.39 is 42.8 Å². The monoisotopic (exact) mass is 458 g/mol. The van der Waals surface area contributed by atoms with Gasteiger partial charge < -0.3 is 24.7 Å². The second-order valence-corrected chi connectivity index (χ2v) is 7.42. The predicted octanol–water partition coefficient (Wildman–Crippen LogP) is 0.761. The van der Waals surface area contributed by atoms with E-state index in [1.165, 1.54) is 52.5 Å². The van der Waals surface area contributed by atoms with Gasteiger partial charge in [0.1, 0.15) is 17.9 Å². The van der Waals surface area contributed by atoms with Crippen LogP contribution in [-0.4, -0.2) is 58.3 Å². The van der Waals surface area contributed by atoms with Gasteiger partial charge in [-0.1, -0.05) is 36.4 Å². The van der Waals surface area contributed by atoms with Gasteiger partial charge in [0.2, 0.25) is 11.8 Å². The van der Waals surface area contributed by atoms with Gasteiger partial charge in [-0.05, 0) is 28.7 Å². The SMILES string of the molecule is COB(OC)c1ccc(C[C@H](NC(=O)[C@@H](Cc2ccc(F)cc2)NC(C)=O)C(=O)OC)cc1. The molecule has 33 heavy (non-hydrogen) atoms. The first kappa shape index (κ1) is 26.0. The number of nitrogens with one attached hydrogen (secondary N) is 2. The van der Waals surface area contributed by atoms with Crippen LogP contribution in [0.2, 0.25) is 0 Å². The summed E-state index contributed by atoms with van der Waals surface area (Å²) in [6.07, 6.45) is 0.302. The first-order chi connectivity index (χ1) is 15.8. The average molecular weight is 458 g/mol. The van der Waals surface area contributed by atoms with Crippen LogP contribution in [0.25, 0.3) is 0 Å². The third-order valence-electron chi connectivity index (χ3n) is 4.97. The number of ether oxygens (including phenoxy) is 1. The zero-order chi connectivity index (χ0) is 24.4. The number of halogens is 1. The van der Waals surface area contributed by atoms with Gasteiger partial charge in [0, 0.05) is 34.0 Å². The van der Waals surface area contributed by atoms with Gasteiger partial charge in [0.05, 0.1) is 7.11 Å². The second-order valence-electron chi connectivity index (χ2n) is 7.42. The predicted molar refractivity (Wildman–Crippen MR) is 121 cm³/mol. The van der Waals surface area contributed by atoms with Crippen molar-refractivity contribution < 1.29 is 32.8 Å². The van der Waals surface area contributed by atoms with E-state index in [9.17, 15) is 18.8 Å². The quantitative estimate of drug-likeness (QED) is 0.381. The molecule has 8 nitrogen and oxygen atoms in total. The summed E-state index contributed by atoms with van der Waals surface area (Å²) in [5.41, 5.74) is 2.23. The minimum atomic E-state index is -0.974. The van der Waals surface area contributed by atoms with Crippen LogP contribution in [0.4, 0.5) is 4.39 Å². The van der Waals surface area contributed by atoms with Crippen molar-refractivity contribution >= 4 is 30.4 Å². The van der Waals surface area contributed by atoms with Crippen molar-refractivity contribution in [2.24, 2.45) is 0 Å². The van der Waals surface area contributed by atoms with Crippen molar-refractivity contribution in [3.8, 4) is 0 Å². The highest BCUT2D eigenvalue weighted by Gasteiger charge is 2.27. The molecule has 0 spiro atoms. The first-order valence-corrected chi connectivity index (χ1v) is 10.3. The van der Waals surface area contributed by atoms with E-state index in [1.807, 2.05) is 0 Å². The molecule has 2 N–H and O–H groups in total. The lowest BCUT2D eigenvalue weighted by molar-refractivity contribution is -0.145. The maximum absolute atomic E-state index is 13.2. The fourth-order valence-corrected chi connectivity index (χ4v) is 3.33. The van der Waals surface area contributed by atoms with Crippen LogP contribution in [0.5, 0.6) is 0 Å². The van der Waals surface area contributed by atoms with Crippen molar-refractivity contribution in [2.75, 3.05) is 21.3 Å². The molecule has 10 heteroatoms. The summed E-state index contributed by atoms with van der Waals surface area (Å²) < 4.78 is 28.5. The van der Waals surface area contributed by atoms with Crippen molar-refractivity contribution in [2.45, 2.75) is 31.8 Å². The molecule has 0 aliphatic carbocycles. The summed E-state index contributed by atoms with van der Waals surface area (Å²) in [5.74, 6) is -1.99. The summed E-state index contributed by atoms with van der Waals surface area (Å²) in [4.78, 5) is 36.9. The number of amides is 2. The Morgan fingerprint density at radius 2 is 1.36 bits per heavy atom. The molecule has 2 aromatic rings. The Labute approximate surface area is 192 Å². The largest absolute Gasteiger partial charge is 0.493 e. The van der Waals surface area contributed by atoms with E-state index in [4.69, 9.17) is 14.0 Å². The van der Waals surface area contributed by atoms with E-state index in [-0.39, 0.29) is 12.8 Å². The molecule has 2 amide bonds. The maximum Gasteiger partial charge on any atom is 0.493 e. The Hall–Kier alpha value is -3.24. The van der Waals surface area contributed by atoms with Gasteiger partial charge in [0.25, 0.3) is 0 Å². The van der Waals surface area contributed by atoms with Crippen LogP contribution in [0.1, 0.15) is 18.1 Å². The number of benzene rings is 2. The normalized spacial score (nSPS) is 12.4. The molecule has 0 aliphatic heterocycles. The third-order valence-corrected chi connectivity index (χ3v) is 4.97. The molecule has 176 valence electrons. The summed E-state index contributed by atoms with van der Waals surface area (Å²) in [5, 5.41) is 5.24. The molecular weight excluding hydrogens is 430 g/mol. The zero-order valence-corrected chi connectivity index (χ0v) is 19.1. The van der Waals surface area contributed by atoms with Crippen molar-refractivity contribution in [3.05, 3.63) is 65.5 Å². The Bertz CT molecular complexity index is 935.